The highest BCUT2D eigenvalue weighted by molar-refractivity contribution is 5.39. The van der Waals surface area contributed by atoms with E-state index in [2.05, 4.69) is 0 Å². The fraction of sp³-hybridized carbons (Fsp3) is 0.500. The number of hydrogen-bond acceptors (Lipinski definition) is 2. The Balaban J connectivity index is 3.02. The molecule has 0 saturated heterocycles. The van der Waals surface area contributed by atoms with Gasteiger partial charge in [0, 0.05) is 0 Å². The molecule has 2 N–H and O–H groups in total. The van der Waals surface area contributed by atoms with Gasteiger partial charge in [0.2, 0.25) is 0 Å². The number of nitrogens with two attached hydrogens (primary N) is 1. The monoisotopic (exact) mass is 211 g/mol. The topological polar surface area (TPSA) is 35.2 Å². The van der Waals surface area contributed by atoms with Crippen LogP contribution in [0.4, 0.5) is 4.39 Å². The van der Waals surface area contributed by atoms with Gasteiger partial charge in [-0.15, -0.1) is 0 Å². The number of halogens is 1. The molecule has 0 aromatic heterocycles. The van der Waals surface area contributed by atoms with E-state index in [0.29, 0.717) is 12.3 Å². The van der Waals surface area contributed by atoms with Crippen molar-refractivity contribution in [2.75, 3.05) is 13.7 Å². The third-order valence-electron chi connectivity index (χ3n) is 2.44. The fourth-order valence-corrected chi connectivity index (χ4v) is 1.62. The zero-order valence-corrected chi connectivity index (χ0v) is 9.35. The van der Waals surface area contributed by atoms with E-state index in [1.807, 2.05) is 13.0 Å². The number of methoxy groups -OCH3 is 1. The van der Waals surface area contributed by atoms with Crippen LogP contribution < -0.4 is 10.5 Å². The Morgan fingerprint density at radius 3 is 2.67 bits per heavy atom. The van der Waals surface area contributed by atoms with Gasteiger partial charge in [-0.05, 0) is 43.0 Å². The number of hydrogen-bond donors (Lipinski definition) is 1. The van der Waals surface area contributed by atoms with Gasteiger partial charge in [-0.3, -0.25) is 0 Å². The second-order valence-corrected chi connectivity index (χ2v) is 3.52. The van der Waals surface area contributed by atoms with Crippen LogP contribution in [-0.2, 0) is 12.8 Å². The maximum absolute atomic E-state index is 13.6. The van der Waals surface area contributed by atoms with Gasteiger partial charge in [0.05, 0.1) is 7.11 Å². The van der Waals surface area contributed by atoms with E-state index in [-0.39, 0.29) is 5.82 Å². The minimum absolute atomic E-state index is 0.274. The Kier molecular flexibility index (Phi) is 4.56. The molecule has 1 aromatic rings. The van der Waals surface area contributed by atoms with Crippen molar-refractivity contribution in [2.45, 2.75) is 26.2 Å². The molecule has 0 atom stereocenters. The molecule has 2 nitrogen and oxygen atoms in total. The highest BCUT2D eigenvalue weighted by Crippen LogP contribution is 2.25. The van der Waals surface area contributed by atoms with E-state index in [9.17, 15) is 4.39 Å². The van der Waals surface area contributed by atoms with Crippen LogP contribution in [0.5, 0.6) is 5.75 Å². The summed E-state index contributed by atoms with van der Waals surface area (Å²) in [5, 5.41) is 0. The molecule has 0 bridgehead atoms. The molecular formula is C12H18FNO. The summed E-state index contributed by atoms with van der Waals surface area (Å²) in [7, 11) is 1.50. The Labute approximate surface area is 90.2 Å². The Morgan fingerprint density at radius 2 is 2.13 bits per heavy atom. The van der Waals surface area contributed by atoms with Crippen LogP contribution in [-0.4, -0.2) is 13.7 Å². The summed E-state index contributed by atoms with van der Waals surface area (Å²) >= 11 is 0. The second-order valence-electron chi connectivity index (χ2n) is 3.52. The largest absolute Gasteiger partial charge is 0.493 e. The van der Waals surface area contributed by atoms with Gasteiger partial charge >= 0.3 is 0 Å². The lowest BCUT2D eigenvalue weighted by Crippen LogP contribution is -2.03. The quantitative estimate of drug-likeness (QED) is 0.811. The average Bonchev–Trinajstić information content (AvgIpc) is 2.25. The van der Waals surface area contributed by atoms with Gasteiger partial charge in [0.25, 0.3) is 0 Å². The molecule has 0 spiro atoms. The molecular weight excluding hydrogens is 193 g/mol. The molecule has 84 valence electrons. The van der Waals surface area contributed by atoms with Gasteiger partial charge in [0.1, 0.15) is 0 Å². The Hall–Kier alpha value is -1.09. The standard InChI is InChI=1S/C12H18FNO/c1-3-9-7-10(5-4-6-14)12(15-2)11(13)8-9/h7-8H,3-6,14H2,1-2H3. The number of rotatable bonds is 5. The highest BCUT2D eigenvalue weighted by Gasteiger charge is 2.10. The van der Waals surface area contributed by atoms with Crippen LogP contribution in [0.2, 0.25) is 0 Å². The molecule has 0 unspecified atom stereocenters. The van der Waals surface area contributed by atoms with Gasteiger partial charge < -0.3 is 10.5 Å². The SMILES string of the molecule is CCc1cc(F)c(OC)c(CCCN)c1. The first-order chi connectivity index (χ1) is 7.22. The molecule has 0 radical (unpaired) electrons. The van der Waals surface area contributed by atoms with Crippen molar-refractivity contribution in [1.29, 1.82) is 0 Å². The molecule has 0 amide bonds. The van der Waals surface area contributed by atoms with Crippen molar-refractivity contribution in [3.8, 4) is 5.75 Å². The van der Waals surface area contributed by atoms with E-state index >= 15 is 0 Å². The van der Waals surface area contributed by atoms with Crippen LogP contribution in [0.1, 0.15) is 24.5 Å². The Morgan fingerprint density at radius 1 is 1.40 bits per heavy atom. The summed E-state index contributed by atoms with van der Waals surface area (Å²) in [5.41, 5.74) is 7.36. The molecule has 0 aliphatic heterocycles. The lowest BCUT2D eigenvalue weighted by molar-refractivity contribution is 0.380. The van der Waals surface area contributed by atoms with Crippen LogP contribution in [0.25, 0.3) is 0 Å². The summed E-state index contributed by atoms with van der Waals surface area (Å²) in [6.07, 6.45) is 2.45. The number of benzene rings is 1. The van der Waals surface area contributed by atoms with Crippen molar-refractivity contribution >= 4 is 0 Å². The van der Waals surface area contributed by atoms with E-state index in [1.165, 1.54) is 13.2 Å². The lowest BCUT2D eigenvalue weighted by Gasteiger charge is -2.11. The zero-order chi connectivity index (χ0) is 11.3. The molecule has 0 aliphatic rings. The van der Waals surface area contributed by atoms with Gasteiger partial charge in [-0.1, -0.05) is 13.0 Å². The van der Waals surface area contributed by atoms with Gasteiger partial charge in [-0.25, -0.2) is 4.39 Å². The fourth-order valence-electron chi connectivity index (χ4n) is 1.62. The highest BCUT2D eigenvalue weighted by atomic mass is 19.1. The first-order valence-electron chi connectivity index (χ1n) is 5.28. The van der Waals surface area contributed by atoms with Gasteiger partial charge in [0.15, 0.2) is 11.6 Å². The minimum Gasteiger partial charge on any atom is -0.493 e. The van der Waals surface area contributed by atoms with Gasteiger partial charge in [-0.2, -0.15) is 0 Å². The summed E-state index contributed by atoms with van der Waals surface area (Å²) in [5.74, 6) is 0.0875. The zero-order valence-electron chi connectivity index (χ0n) is 9.35. The molecule has 0 saturated carbocycles. The van der Waals surface area contributed by atoms with Crippen molar-refractivity contribution in [3.63, 3.8) is 0 Å². The molecule has 0 fully saturated rings. The molecule has 1 aromatic carbocycles. The van der Waals surface area contributed by atoms with Crippen LogP contribution in [0, 0.1) is 5.82 Å². The van der Waals surface area contributed by atoms with E-state index in [1.54, 1.807) is 0 Å². The van der Waals surface area contributed by atoms with Crippen molar-refractivity contribution in [3.05, 3.63) is 29.1 Å². The Bertz CT molecular complexity index is 326. The molecule has 15 heavy (non-hydrogen) atoms. The first-order valence-corrected chi connectivity index (χ1v) is 5.28. The normalized spacial score (nSPS) is 10.4. The van der Waals surface area contributed by atoms with E-state index in [0.717, 1.165) is 30.4 Å². The maximum atomic E-state index is 13.6. The summed E-state index contributed by atoms with van der Waals surface area (Å²) in [4.78, 5) is 0. The number of aryl methyl sites for hydroxylation is 2. The third-order valence-corrected chi connectivity index (χ3v) is 2.44. The summed E-state index contributed by atoms with van der Waals surface area (Å²) < 4.78 is 18.6. The minimum atomic E-state index is -0.274. The lowest BCUT2D eigenvalue weighted by atomic mass is 10.0. The van der Waals surface area contributed by atoms with Crippen molar-refractivity contribution < 1.29 is 9.13 Å². The predicted molar refractivity (Wildman–Crippen MR) is 59.7 cm³/mol. The summed E-state index contributed by atoms with van der Waals surface area (Å²) in [6.45, 7) is 2.62. The predicted octanol–water partition coefficient (Wildman–Crippen LogP) is 2.29. The molecule has 0 heterocycles. The number of ether oxygens (including phenoxy) is 1. The third kappa shape index (κ3) is 2.93. The second kappa shape index (κ2) is 5.71. The molecule has 1 rings (SSSR count). The molecule has 0 aliphatic carbocycles. The van der Waals surface area contributed by atoms with Crippen LogP contribution in [0.3, 0.4) is 0 Å². The molecule has 3 heteroatoms. The smallest absolute Gasteiger partial charge is 0.165 e. The summed E-state index contributed by atoms with van der Waals surface area (Å²) in [6, 6.07) is 3.53. The van der Waals surface area contributed by atoms with Crippen molar-refractivity contribution in [1.82, 2.24) is 0 Å². The van der Waals surface area contributed by atoms with E-state index < -0.39 is 0 Å². The maximum Gasteiger partial charge on any atom is 0.165 e. The van der Waals surface area contributed by atoms with Crippen LogP contribution >= 0.6 is 0 Å². The van der Waals surface area contributed by atoms with Crippen LogP contribution in [0.15, 0.2) is 12.1 Å². The van der Waals surface area contributed by atoms with E-state index in [4.69, 9.17) is 10.5 Å². The first kappa shape index (κ1) is 12.0. The average molecular weight is 211 g/mol. The van der Waals surface area contributed by atoms with Crippen molar-refractivity contribution in [2.24, 2.45) is 5.73 Å².